The van der Waals surface area contributed by atoms with Crippen LogP contribution in [0.15, 0.2) is 179 Å². The molecule has 1 aliphatic rings. The number of unbranched alkanes of at least 4 members (excludes halogenated alkanes) is 8. The van der Waals surface area contributed by atoms with Crippen LogP contribution >= 0.6 is 0 Å². The van der Waals surface area contributed by atoms with E-state index in [4.69, 9.17) is 42.3 Å². The smallest absolute Gasteiger partial charge is 0.383 e. The molecule has 0 N–H and O–H groups in total. The summed E-state index contributed by atoms with van der Waals surface area (Å²) in [6.45, 7) is 4.21. The summed E-state index contributed by atoms with van der Waals surface area (Å²) < 4.78 is 59.6. The summed E-state index contributed by atoms with van der Waals surface area (Å²) in [7, 11) is 0. The SMILES string of the molecule is CCCCCCCCCCCOc1c(OCc2ccccc2)c2ccc(O[C@@H]3O[C@H](COCc4ccccc4)[C@@H](OCc4ccccc4)[C@H](OCc4ccccc4)[C@H]3OCc3ccccc3)cc2oc1=O. The zero-order valence-corrected chi connectivity index (χ0v) is 40.9. The van der Waals surface area contributed by atoms with Crippen LogP contribution in [-0.4, -0.2) is 43.9 Å². The van der Waals surface area contributed by atoms with Gasteiger partial charge in [-0.05, 0) is 46.4 Å². The molecule has 71 heavy (non-hydrogen) atoms. The molecule has 8 rings (SSSR count). The van der Waals surface area contributed by atoms with Gasteiger partial charge in [0.2, 0.25) is 12.0 Å². The molecule has 1 saturated heterocycles. The van der Waals surface area contributed by atoms with Gasteiger partial charge in [0.25, 0.3) is 0 Å². The van der Waals surface area contributed by atoms with Gasteiger partial charge < -0.3 is 42.3 Å². The molecule has 0 bridgehead atoms. The maximum absolute atomic E-state index is 13.9. The van der Waals surface area contributed by atoms with E-state index in [9.17, 15) is 4.79 Å². The molecule has 10 nitrogen and oxygen atoms in total. The highest BCUT2D eigenvalue weighted by molar-refractivity contribution is 5.86. The zero-order chi connectivity index (χ0) is 48.7. The first-order valence-corrected chi connectivity index (χ1v) is 25.4. The van der Waals surface area contributed by atoms with E-state index in [-0.39, 0.29) is 37.8 Å². The van der Waals surface area contributed by atoms with Crippen molar-refractivity contribution in [2.24, 2.45) is 0 Å². The lowest BCUT2D eigenvalue weighted by Crippen LogP contribution is -2.62. The first-order valence-electron chi connectivity index (χ1n) is 25.4. The third kappa shape index (κ3) is 15.6. The molecule has 5 atom stereocenters. The summed E-state index contributed by atoms with van der Waals surface area (Å²) in [5.41, 5.74) is 4.58. The minimum absolute atomic E-state index is 0.0601. The number of hydrogen-bond acceptors (Lipinski definition) is 10. The Labute approximate surface area is 418 Å². The van der Waals surface area contributed by atoms with E-state index in [1.165, 1.54) is 38.5 Å². The van der Waals surface area contributed by atoms with Gasteiger partial charge in [-0.15, -0.1) is 0 Å². The maximum Gasteiger partial charge on any atom is 0.383 e. The van der Waals surface area contributed by atoms with Crippen molar-refractivity contribution in [3.63, 3.8) is 0 Å². The lowest BCUT2D eigenvalue weighted by atomic mass is 9.97. The van der Waals surface area contributed by atoms with Gasteiger partial charge in [0.15, 0.2) is 5.75 Å². The summed E-state index contributed by atoms with van der Waals surface area (Å²) >= 11 is 0. The number of rotatable bonds is 29. The van der Waals surface area contributed by atoms with Crippen LogP contribution in [0, 0.1) is 0 Å². The normalized spacial score (nSPS) is 17.8. The molecule has 6 aromatic carbocycles. The van der Waals surface area contributed by atoms with E-state index in [2.05, 4.69) is 6.92 Å². The first kappa shape index (κ1) is 51.1. The van der Waals surface area contributed by atoms with E-state index < -0.39 is 36.3 Å². The Balaban J connectivity index is 1.09. The second-order valence-corrected chi connectivity index (χ2v) is 18.1. The molecule has 0 radical (unpaired) electrons. The molecule has 1 fully saturated rings. The number of ether oxygens (including phenoxy) is 8. The molecule has 0 spiro atoms. The lowest BCUT2D eigenvalue weighted by Gasteiger charge is -2.45. The standard InChI is InChI=1S/C61H68O10/c1-2-3-4-5-6-7-8-9-25-38-64-58-55(65-41-47-28-17-11-18-29-47)52-37-36-51(39-53(52)70-60(58)62)69-61-59(68-44-50-34-23-14-24-35-50)57(67-43-49-32-21-13-22-33-49)56(66-42-48-30-19-12-20-31-48)54(71-61)45-63-40-46-26-15-10-16-27-46/h10-24,26-37,39,54,56-57,59,61H,2-9,25,38,40-45H2,1H3/t54-,56-,57+,59-,61-/m1/s1. The molecule has 10 heteroatoms. The van der Waals surface area contributed by atoms with Gasteiger partial charge in [-0.1, -0.05) is 210 Å². The molecular formula is C61H68O10. The first-order chi connectivity index (χ1) is 35.1. The monoisotopic (exact) mass is 960 g/mol. The molecule has 2 heterocycles. The number of hydrogen-bond donors (Lipinski definition) is 0. The average Bonchev–Trinajstić information content (AvgIpc) is 3.41. The van der Waals surface area contributed by atoms with E-state index in [0.717, 1.165) is 47.1 Å². The fraction of sp³-hybridized carbons (Fsp3) is 0.361. The predicted molar refractivity (Wildman–Crippen MR) is 276 cm³/mol. The molecular weight excluding hydrogens is 893 g/mol. The molecule has 7 aromatic rings. The summed E-state index contributed by atoms with van der Waals surface area (Å²) in [4.78, 5) is 13.9. The van der Waals surface area contributed by atoms with Crippen LogP contribution in [0.4, 0.5) is 0 Å². The minimum atomic E-state index is -1.03. The van der Waals surface area contributed by atoms with Crippen LogP contribution < -0.4 is 19.8 Å². The Morgan fingerprint density at radius 2 is 0.944 bits per heavy atom. The van der Waals surface area contributed by atoms with Crippen molar-refractivity contribution in [2.75, 3.05) is 13.2 Å². The van der Waals surface area contributed by atoms with Crippen LogP contribution in [0.25, 0.3) is 11.0 Å². The van der Waals surface area contributed by atoms with Gasteiger partial charge >= 0.3 is 5.63 Å². The average molecular weight is 961 g/mol. The van der Waals surface area contributed by atoms with Crippen LogP contribution in [0.3, 0.4) is 0 Å². The third-order valence-electron chi connectivity index (χ3n) is 12.6. The summed E-state index contributed by atoms with van der Waals surface area (Å²) in [6.07, 6.45) is 6.71. The minimum Gasteiger partial charge on any atom is -0.484 e. The van der Waals surface area contributed by atoms with Gasteiger partial charge in [-0.25, -0.2) is 4.79 Å². The summed E-state index contributed by atoms with van der Waals surface area (Å²) in [5.74, 6) is 0.764. The van der Waals surface area contributed by atoms with Crippen LogP contribution in [0.1, 0.15) is 92.5 Å². The van der Waals surface area contributed by atoms with Crippen LogP contribution in [0.5, 0.6) is 17.2 Å². The Kier molecular flexibility index (Phi) is 20.1. The fourth-order valence-corrected chi connectivity index (χ4v) is 8.77. The zero-order valence-electron chi connectivity index (χ0n) is 40.9. The van der Waals surface area contributed by atoms with E-state index in [1.807, 2.05) is 164 Å². The molecule has 0 saturated carbocycles. The third-order valence-corrected chi connectivity index (χ3v) is 12.6. The number of benzene rings is 6. The maximum atomic E-state index is 13.9. The molecule has 1 aliphatic heterocycles. The Morgan fingerprint density at radius 3 is 1.49 bits per heavy atom. The second-order valence-electron chi connectivity index (χ2n) is 18.1. The van der Waals surface area contributed by atoms with Gasteiger partial charge in [0.1, 0.15) is 42.4 Å². The van der Waals surface area contributed by atoms with Crippen LogP contribution in [0.2, 0.25) is 0 Å². The highest BCUT2D eigenvalue weighted by Gasteiger charge is 2.50. The predicted octanol–water partition coefficient (Wildman–Crippen LogP) is 13.4. The van der Waals surface area contributed by atoms with E-state index >= 15 is 0 Å². The van der Waals surface area contributed by atoms with Gasteiger partial charge in [0.05, 0.1) is 45.0 Å². The molecule has 372 valence electrons. The van der Waals surface area contributed by atoms with Crippen molar-refractivity contribution in [1.29, 1.82) is 0 Å². The molecule has 0 unspecified atom stereocenters. The molecule has 0 aliphatic carbocycles. The lowest BCUT2D eigenvalue weighted by molar-refractivity contribution is -0.310. The highest BCUT2D eigenvalue weighted by Crippen LogP contribution is 2.38. The van der Waals surface area contributed by atoms with E-state index in [0.29, 0.717) is 36.7 Å². The summed E-state index contributed by atoms with van der Waals surface area (Å²) in [5, 5.41) is 0.571. The highest BCUT2D eigenvalue weighted by atomic mass is 16.7. The number of fused-ring (bicyclic) bond motifs is 1. The van der Waals surface area contributed by atoms with Crippen molar-refractivity contribution >= 4 is 11.0 Å². The van der Waals surface area contributed by atoms with Crippen LogP contribution in [-0.2, 0) is 56.7 Å². The van der Waals surface area contributed by atoms with Gasteiger partial charge in [-0.2, -0.15) is 0 Å². The van der Waals surface area contributed by atoms with E-state index in [1.54, 1.807) is 6.07 Å². The topological polar surface area (TPSA) is 104 Å². The Morgan fingerprint density at radius 1 is 0.465 bits per heavy atom. The Hall–Kier alpha value is -6.27. The van der Waals surface area contributed by atoms with Crippen molar-refractivity contribution in [3.05, 3.63) is 208 Å². The van der Waals surface area contributed by atoms with Crippen molar-refractivity contribution < 1.29 is 42.3 Å². The molecule has 0 amide bonds. The largest absolute Gasteiger partial charge is 0.484 e. The van der Waals surface area contributed by atoms with Crippen molar-refractivity contribution in [3.8, 4) is 17.2 Å². The summed E-state index contributed by atoms with van der Waals surface area (Å²) in [6, 6.07) is 55.2. The van der Waals surface area contributed by atoms with Gasteiger partial charge in [0, 0.05) is 6.07 Å². The van der Waals surface area contributed by atoms with Crippen molar-refractivity contribution in [1.82, 2.24) is 0 Å². The van der Waals surface area contributed by atoms with Gasteiger partial charge in [-0.3, -0.25) is 0 Å². The molecule has 1 aromatic heterocycles. The van der Waals surface area contributed by atoms with Crippen molar-refractivity contribution in [2.45, 2.75) is 128 Å². The fourth-order valence-electron chi connectivity index (χ4n) is 8.77. The Bertz CT molecular complexity index is 2630. The quantitative estimate of drug-likeness (QED) is 0.0333. The second kappa shape index (κ2) is 27.9.